The Morgan fingerprint density at radius 1 is 0.944 bits per heavy atom. The number of nitrogens with zero attached hydrogens (tertiary/aromatic N) is 2. The molecular formula is C27H29N3O6. The zero-order valence-electron chi connectivity index (χ0n) is 20.7. The number of nitrogens with one attached hydrogen (secondary N) is 1. The predicted octanol–water partition coefficient (Wildman–Crippen LogP) is 4.90. The summed E-state index contributed by atoms with van der Waals surface area (Å²) in [6.45, 7) is 1.38. The molecule has 36 heavy (non-hydrogen) atoms. The molecule has 0 aromatic heterocycles. The van der Waals surface area contributed by atoms with Crippen LogP contribution in [0.1, 0.15) is 16.7 Å². The van der Waals surface area contributed by atoms with Crippen LogP contribution in [0.2, 0.25) is 0 Å². The van der Waals surface area contributed by atoms with E-state index in [0.29, 0.717) is 30.3 Å². The molecule has 0 aliphatic heterocycles. The number of para-hydroxylation sites is 2. The Balaban J connectivity index is 1.59. The Labute approximate surface area is 210 Å². The normalized spacial score (nSPS) is 10.9. The number of methoxy groups -OCH3 is 3. The van der Waals surface area contributed by atoms with Gasteiger partial charge in [-0.05, 0) is 48.0 Å². The first-order chi connectivity index (χ1) is 17.3. The lowest BCUT2D eigenvalue weighted by Gasteiger charge is -2.19. The maximum Gasteiger partial charge on any atom is 0.292 e. The SMILES string of the molecule is COc1cc(CN(C)Cc2ccc(/C=C/C(=O)Nc3ccccc3[N+](=O)[O-])cc2)cc(OC)c1OC. The summed E-state index contributed by atoms with van der Waals surface area (Å²) < 4.78 is 16.2. The monoisotopic (exact) mass is 491 g/mol. The van der Waals surface area contributed by atoms with Crippen LogP contribution < -0.4 is 19.5 Å². The molecule has 0 bridgehead atoms. The zero-order chi connectivity index (χ0) is 26.1. The summed E-state index contributed by atoms with van der Waals surface area (Å²) in [5, 5.41) is 13.6. The average molecular weight is 492 g/mol. The lowest BCUT2D eigenvalue weighted by atomic mass is 10.1. The van der Waals surface area contributed by atoms with E-state index >= 15 is 0 Å². The number of nitro benzene ring substituents is 1. The Bertz CT molecular complexity index is 1220. The summed E-state index contributed by atoms with van der Waals surface area (Å²) in [5.41, 5.74) is 2.97. The second-order valence-electron chi connectivity index (χ2n) is 8.04. The molecule has 3 aromatic rings. The minimum Gasteiger partial charge on any atom is -0.493 e. The zero-order valence-corrected chi connectivity index (χ0v) is 20.7. The third-order valence-corrected chi connectivity index (χ3v) is 5.39. The Kier molecular flexibility index (Phi) is 9.01. The number of ether oxygens (including phenoxy) is 3. The van der Waals surface area contributed by atoms with Gasteiger partial charge in [-0.25, -0.2) is 0 Å². The van der Waals surface area contributed by atoms with Gasteiger partial charge in [0.05, 0.1) is 26.3 Å². The van der Waals surface area contributed by atoms with E-state index in [1.165, 1.54) is 18.2 Å². The molecule has 9 nitrogen and oxygen atoms in total. The van der Waals surface area contributed by atoms with Crippen LogP contribution >= 0.6 is 0 Å². The van der Waals surface area contributed by atoms with Crippen molar-refractivity contribution in [3.05, 3.63) is 93.5 Å². The van der Waals surface area contributed by atoms with E-state index in [1.54, 1.807) is 39.5 Å². The van der Waals surface area contributed by atoms with Gasteiger partial charge >= 0.3 is 0 Å². The van der Waals surface area contributed by atoms with Crippen LogP contribution in [-0.4, -0.2) is 44.1 Å². The summed E-state index contributed by atoms with van der Waals surface area (Å²) in [6, 6.07) is 17.7. The van der Waals surface area contributed by atoms with Crippen molar-refractivity contribution in [2.45, 2.75) is 13.1 Å². The summed E-state index contributed by atoms with van der Waals surface area (Å²) in [7, 11) is 6.78. The second kappa shape index (κ2) is 12.4. The highest BCUT2D eigenvalue weighted by atomic mass is 16.6. The summed E-state index contributed by atoms with van der Waals surface area (Å²) in [6.07, 6.45) is 3.01. The molecule has 3 aromatic carbocycles. The molecule has 0 aliphatic carbocycles. The number of carbonyl (C=O) groups is 1. The Hall–Kier alpha value is -4.37. The van der Waals surface area contributed by atoms with Gasteiger partial charge in [-0.3, -0.25) is 19.8 Å². The molecule has 0 saturated heterocycles. The second-order valence-corrected chi connectivity index (χ2v) is 8.04. The fourth-order valence-corrected chi connectivity index (χ4v) is 3.72. The molecular weight excluding hydrogens is 462 g/mol. The molecule has 0 aliphatic rings. The van der Waals surface area contributed by atoms with Crippen molar-refractivity contribution in [3.63, 3.8) is 0 Å². The summed E-state index contributed by atoms with van der Waals surface area (Å²) in [4.78, 5) is 24.9. The first-order valence-corrected chi connectivity index (χ1v) is 11.1. The highest BCUT2D eigenvalue weighted by molar-refractivity contribution is 6.03. The van der Waals surface area contributed by atoms with Crippen LogP contribution in [0.5, 0.6) is 17.2 Å². The lowest BCUT2D eigenvalue weighted by Crippen LogP contribution is -2.17. The quantitative estimate of drug-likeness (QED) is 0.231. The van der Waals surface area contributed by atoms with Gasteiger partial charge in [0.1, 0.15) is 5.69 Å². The highest BCUT2D eigenvalue weighted by Crippen LogP contribution is 2.38. The molecule has 1 amide bonds. The fraction of sp³-hybridized carbons (Fsp3) is 0.222. The summed E-state index contributed by atoms with van der Waals surface area (Å²) >= 11 is 0. The van der Waals surface area contributed by atoms with Crippen molar-refractivity contribution in [1.82, 2.24) is 4.90 Å². The molecule has 0 heterocycles. The van der Waals surface area contributed by atoms with Crippen molar-refractivity contribution >= 4 is 23.4 Å². The van der Waals surface area contributed by atoms with Gasteiger partial charge in [0.15, 0.2) is 11.5 Å². The van der Waals surface area contributed by atoms with E-state index in [2.05, 4.69) is 10.2 Å². The predicted molar refractivity (Wildman–Crippen MR) is 138 cm³/mol. The van der Waals surface area contributed by atoms with Crippen LogP contribution in [0.25, 0.3) is 6.08 Å². The number of amides is 1. The molecule has 0 saturated carbocycles. The average Bonchev–Trinajstić information content (AvgIpc) is 2.87. The van der Waals surface area contributed by atoms with Gasteiger partial charge in [-0.15, -0.1) is 0 Å². The third-order valence-electron chi connectivity index (χ3n) is 5.39. The first-order valence-electron chi connectivity index (χ1n) is 11.1. The molecule has 0 spiro atoms. The molecule has 0 fully saturated rings. The minimum absolute atomic E-state index is 0.153. The number of nitro groups is 1. The van der Waals surface area contributed by atoms with Gasteiger partial charge in [0, 0.05) is 25.2 Å². The van der Waals surface area contributed by atoms with Gasteiger partial charge in [-0.2, -0.15) is 0 Å². The maximum atomic E-state index is 12.2. The molecule has 0 radical (unpaired) electrons. The molecule has 3 rings (SSSR count). The van der Waals surface area contributed by atoms with Crippen molar-refractivity contribution in [1.29, 1.82) is 0 Å². The van der Waals surface area contributed by atoms with E-state index in [1.807, 2.05) is 43.4 Å². The summed E-state index contributed by atoms with van der Waals surface area (Å²) in [5.74, 6) is 1.34. The molecule has 0 atom stereocenters. The van der Waals surface area contributed by atoms with E-state index in [9.17, 15) is 14.9 Å². The van der Waals surface area contributed by atoms with Crippen LogP contribution in [-0.2, 0) is 17.9 Å². The fourth-order valence-electron chi connectivity index (χ4n) is 3.72. The topological polar surface area (TPSA) is 103 Å². The van der Waals surface area contributed by atoms with Gasteiger partial charge < -0.3 is 19.5 Å². The molecule has 1 N–H and O–H groups in total. The number of hydrogen-bond donors (Lipinski definition) is 1. The first kappa shape index (κ1) is 26.2. The number of hydrogen-bond acceptors (Lipinski definition) is 7. The van der Waals surface area contributed by atoms with Crippen molar-refractivity contribution in [2.24, 2.45) is 0 Å². The van der Waals surface area contributed by atoms with Crippen molar-refractivity contribution in [2.75, 3.05) is 33.7 Å². The maximum absolute atomic E-state index is 12.2. The standard InChI is InChI=1S/C27H29N3O6/c1-29(18-21-15-24(34-2)27(36-4)25(16-21)35-3)17-20-11-9-19(10-12-20)13-14-26(31)28-22-7-5-6-8-23(22)30(32)33/h5-16H,17-18H2,1-4H3,(H,28,31)/b14-13+. The van der Waals surface area contributed by atoms with Crippen LogP contribution in [0, 0.1) is 10.1 Å². The third kappa shape index (κ3) is 6.83. The lowest BCUT2D eigenvalue weighted by molar-refractivity contribution is -0.383. The Morgan fingerprint density at radius 2 is 1.56 bits per heavy atom. The van der Waals surface area contributed by atoms with Crippen LogP contribution in [0.4, 0.5) is 11.4 Å². The minimum atomic E-state index is -0.531. The van der Waals surface area contributed by atoms with Gasteiger partial charge in [-0.1, -0.05) is 36.4 Å². The van der Waals surface area contributed by atoms with Crippen LogP contribution in [0.3, 0.4) is 0 Å². The number of anilines is 1. The largest absolute Gasteiger partial charge is 0.493 e. The Morgan fingerprint density at radius 3 is 2.14 bits per heavy atom. The number of rotatable bonds is 11. The highest BCUT2D eigenvalue weighted by Gasteiger charge is 2.15. The molecule has 0 unspecified atom stereocenters. The van der Waals surface area contributed by atoms with E-state index < -0.39 is 10.8 Å². The van der Waals surface area contributed by atoms with Gasteiger partial charge in [0.25, 0.3) is 5.69 Å². The van der Waals surface area contributed by atoms with Crippen LogP contribution in [0.15, 0.2) is 66.7 Å². The molecule has 188 valence electrons. The van der Waals surface area contributed by atoms with E-state index in [0.717, 1.165) is 16.7 Å². The number of carbonyl (C=O) groups excluding carboxylic acids is 1. The van der Waals surface area contributed by atoms with Crippen molar-refractivity contribution in [3.8, 4) is 17.2 Å². The number of benzene rings is 3. The van der Waals surface area contributed by atoms with Gasteiger partial charge in [0.2, 0.25) is 11.7 Å². The van der Waals surface area contributed by atoms with E-state index in [-0.39, 0.29) is 11.4 Å². The molecule has 9 heteroatoms. The van der Waals surface area contributed by atoms with E-state index in [4.69, 9.17) is 14.2 Å². The smallest absolute Gasteiger partial charge is 0.292 e. The van der Waals surface area contributed by atoms with Crippen molar-refractivity contribution < 1.29 is 23.9 Å².